The van der Waals surface area contributed by atoms with Crippen molar-refractivity contribution in [2.75, 3.05) is 0 Å². The Morgan fingerprint density at radius 1 is 1.21 bits per heavy atom. The summed E-state index contributed by atoms with van der Waals surface area (Å²) in [6.07, 6.45) is -2.70. The van der Waals surface area contributed by atoms with Crippen molar-refractivity contribution in [3.63, 3.8) is 0 Å². The molecule has 0 bridgehead atoms. The Bertz CT molecular complexity index is 543. The normalized spacial score (nSPS) is 13.5. The van der Waals surface area contributed by atoms with E-state index in [4.69, 9.17) is 5.73 Å². The van der Waals surface area contributed by atoms with E-state index >= 15 is 0 Å². The minimum Gasteiger partial charge on any atom is -0.319 e. The molecule has 0 aliphatic rings. The van der Waals surface area contributed by atoms with Crippen LogP contribution in [0.4, 0.5) is 13.2 Å². The van der Waals surface area contributed by atoms with Gasteiger partial charge in [0, 0.05) is 12.7 Å². The molecule has 1 aromatic heterocycles. The lowest BCUT2D eigenvalue weighted by Gasteiger charge is -2.15. The summed E-state index contributed by atoms with van der Waals surface area (Å²) < 4.78 is 39.1. The number of aromatic nitrogens is 2. The van der Waals surface area contributed by atoms with E-state index in [2.05, 4.69) is 5.10 Å². The standard InChI is InChI=1S/C13H14F3N3/c1-2-19-11(7-8-18-19)12(17)9-3-5-10(6-4-9)13(14,15)16/h3-8,12H,2,17H2,1H3. The van der Waals surface area contributed by atoms with E-state index in [0.717, 1.165) is 17.8 Å². The van der Waals surface area contributed by atoms with Gasteiger partial charge in [0.15, 0.2) is 0 Å². The fraction of sp³-hybridized carbons (Fsp3) is 0.308. The average molecular weight is 269 g/mol. The molecule has 19 heavy (non-hydrogen) atoms. The molecule has 102 valence electrons. The molecule has 0 aliphatic carbocycles. The maximum absolute atomic E-state index is 12.5. The molecule has 0 spiro atoms. The van der Waals surface area contributed by atoms with Crippen LogP contribution < -0.4 is 5.73 Å². The molecule has 3 nitrogen and oxygen atoms in total. The van der Waals surface area contributed by atoms with Gasteiger partial charge in [-0.05, 0) is 30.7 Å². The smallest absolute Gasteiger partial charge is 0.319 e. The molecule has 2 N–H and O–H groups in total. The molecule has 0 fully saturated rings. The summed E-state index contributed by atoms with van der Waals surface area (Å²) in [7, 11) is 0. The van der Waals surface area contributed by atoms with E-state index in [1.807, 2.05) is 6.92 Å². The van der Waals surface area contributed by atoms with Crippen molar-refractivity contribution in [3.8, 4) is 0 Å². The van der Waals surface area contributed by atoms with Crippen molar-refractivity contribution < 1.29 is 13.2 Å². The zero-order chi connectivity index (χ0) is 14.0. The van der Waals surface area contributed by atoms with Gasteiger partial charge in [-0.2, -0.15) is 18.3 Å². The van der Waals surface area contributed by atoms with E-state index in [1.165, 1.54) is 12.1 Å². The van der Waals surface area contributed by atoms with Crippen LogP contribution in [-0.4, -0.2) is 9.78 Å². The topological polar surface area (TPSA) is 43.8 Å². The summed E-state index contributed by atoms with van der Waals surface area (Å²) in [6, 6.07) is 6.18. The first-order valence-electron chi connectivity index (χ1n) is 5.88. The highest BCUT2D eigenvalue weighted by atomic mass is 19.4. The Balaban J connectivity index is 2.28. The lowest BCUT2D eigenvalue weighted by atomic mass is 10.0. The first-order chi connectivity index (χ1) is 8.93. The van der Waals surface area contributed by atoms with Crippen LogP contribution in [0.25, 0.3) is 0 Å². The molecule has 1 unspecified atom stereocenters. The van der Waals surface area contributed by atoms with Gasteiger partial charge in [0.05, 0.1) is 17.3 Å². The molecule has 0 radical (unpaired) electrons. The van der Waals surface area contributed by atoms with Crippen LogP contribution in [0.1, 0.15) is 29.8 Å². The lowest BCUT2D eigenvalue weighted by Crippen LogP contribution is -2.17. The van der Waals surface area contributed by atoms with Gasteiger partial charge in [-0.15, -0.1) is 0 Å². The van der Waals surface area contributed by atoms with E-state index < -0.39 is 17.8 Å². The maximum Gasteiger partial charge on any atom is 0.416 e. The molecule has 0 saturated carbocycles. The van der Waals surface area contributed by atoms with Crippen molar-refractivity contribution in [2.24, 2.45) is 5.73 Å². The molecular weight excluding hydrogens is 255 g/mol. The molecule has 1 atom stereocenters. The molecule has 2 rings (SSSR count). The van der Waals surface area contributed by atoms with Gasteiger partial charge < -0.3 is 5.73 Å². The van der Waals surface area contributed by atoms with Gasteiger partial charge in [0.1, 0.15) is 0 Å². The SMILES string of the molecule is CCn1nccc1C(N)c1ccc(C(F)(F)F)cc1. The molecular formula is C13H14F3N3. The highest BCUT2D eigenvalue weighted by Crippen LogP contribution is 2.30. The maximum atomic E-state index is 12.5. The van der Waals surface area contributed by atoms with Crippen LogP contribution in [0.15, 0.2) is 36.5 Å². The van der Waals surface area contributed by atoms with Gasteiger partial charge in [0.2, 0.25) is 0 Å². The van der Waals surface area contributed by atoms with Crippen LogP contribution >= 0.6 is 0 Å². The number of nitrogens with zero attached hydrogens (tertiary/aromatic N) is 2. The molecule has 1 heterocycles. The third-order valence-corrected chi connectivity index (χ3v) is 2.96. The van der Waals surface area contributed by atoms with E-state index in [0.29, 0.717) is 12.1 Å². The Morgan fingerprint density at radius 2 is 1.84 bits per heavy atom. The summed E-state index contributed by atoms with van der Waals surface area (Å²) in [6.45, 7) is 2.59. The van der Waals surface area contributed by atoms with Crippen LogP contribution in [-0.2, 0) is 12.7 Å². The first-order valence-corrected chi connectivity index (χ1v) is 5.88. The highest BCUT2D eigenvalue weighted by Gasteiger charge is 2.30. The zero-order valence-corrected chi connectivity index (χ0v) is 10.4. The summed E-state index contributed by atoms with van der Waals surface area (Å²) in [5.41, 5.74) is 6.79. The summed E-state index contributed by atoms with van der Waals surface area (Å²) in [5.74, 6) is 0. The van der Waals surface area contributed by atoms with Gasteiger partial charge in [0.25, 0.3) is 0 Å². The van der Waals surface area contributed by atoms with Crippen LogP contribution in [0.2, 0.25) is 0 Å². The minimum absolute atomic E-state index is 0.482. The zero-order valence-electron chi connectivity index (χ0n) is 10.4. The summed E-state index contributed by atoms with van der Waals surface area (Å²) in [4.78, 5) is 0. The fourth-order valence-corrected chi connectivity index (χ4v) is 1.92. The third-order valence-electron chi connectivity index (χ3n) is 2.96. The number of hydrogen-bond donors (Lipinski definition) is 1. The van der Waals surface area contributed by atoms with E-state index in [-0.39, 0.29) is 0 Å². The van der Waals surface area contributed by atoms with Gasteiger partial charge >= 0.3 is 6.18 Å². The third kappa shape index (κ3) is 2.78. The van der Waals surface area contributed by atoms with Crippen molar-refractivity contribution in [1.82, 2.24) is 9.78 Å². The molecule has 2 aromatic rings. The monoisotopic (exact) mass is 269 g/mol. The number of halogens is 3. The Labute approximate surface area is 108 Å². The number of benzene rings is 1. The first kappa shape index (κ1) is 13.6. The molecule has 6 heteroatoms. The van der Waals surface area contributed by atoms with E-state index in [1.54, 1.807) is 16.9 Å². The van der Waals surface area contributed by atoms with Crippen LogP contribution in [0, 0.1) is 0 Å². The largest absolute Gasteiger partial charge is 0.416 e. The van der Waals surface area contributed by atoms with Crippen LogP contribution in [0.3, 0.4) is 0 Å². The molecule has 0 aliphatic heterocycles. The molecule has 0 saturated heterocycles. The van der Waals surface area contributed by atoms with Crippen molar-refractivity contribution in [2.45, 2.75) is 25.7 Å². The second-order valence-electron chi connectivity index (χ2n) is 4.17. The summed E-state index contributed by atoms with van der Waals surface area (Å²) in [5, 5.41) is 4.09. The molecule has 1 aromatic carbocycles. The number of nitrogens with two attached hydrogens (primary N) is 1. The van der Waals surface area contributed by atoms with Crippen molar-refractivity contribution in [1.29, 1.82) is 0 Å². The second kappa shape index (κ2) is 5.05. The number of rotatable bonds is 3. The van der Waals surface area contributed by atoms with Crippen molar-refractivity contribution >= 4 is 0 Å². The second-order valence-corrected chi connectivity index (χ2v) is 4.17. The summed E-state index contributed by atoms with van der Waals surface area (Å²) >= 11 is 0. The quantitative estimate of drug-likeness (QED) is 0.931. The predicted molar refractivity (Wildman–Crippen MR) is 65.4 cm³/mol. The Kier molecular flexibility index (Phi) is 3.61. The van der Waals surface area contributed by atoms with Gasteiger partial charge in [-0.1, -0.05) is 12.1 Å². The number of alkyl halides is 3. The highest BCUT2D eigenvalue weighted by molar-refractivity contribution is 5.31. The van der Waals surface area contributed by atoms with Gasteiger partial charge in [-0.25, -0.2) is 0 Å². The van der Waals surface area contributed by atoms with Crippen molar-refractivity contribution in [3.05, 3.63) is 53.3 Å². The average Bonchev–Trinajstić information content (AvgIpc) is 2.85. The van der Waals surface area contributed by atoms with E-state index in [9.17, 15) is 13.2 Å². The fourth-order valence-electron chi connectivity index (χ4n) is 1.92. The minimum atomic E-state index is -4.33. The Morgan fingerprint density at radius 3 is 2.37 bits per heavy atom. The molecule has 0 amide bonds. The Hall–Kier alpha value is -1.82. The number of hydrogen-bond acceptors (Lipinski definition) is 2. The van der Waals surface area contributed by atoms with Crippen LogP contribution in [0.5, 0.6) is 0 Å². The predicted octanol–water partition coefficient (Wildman–Crippen LogP) is 2.97. The lowest BCUT2D eigenvalue weighted by molar-refractivity contribution is -0.137. The number of aryl methyl sites for hydroxylation is 1. The van der Waals surface area contributed by atoms with Gasteiger partial charge in [-0.3, -0.25) is 4.68 Å².